The van der Waals surface area contributed by atoms with Crippen molar-refractivity contribution in [3.8, 4) is 11.9 Å². The van der Waals surface area contributed by atoms with Crippen LogP contribution in [-0.2, 0) is 15.9 Å². The van der Waals surface area contributed by atoms with Crippen LogP contribution in [0.2, 0.25) is 0 Å². The van der Waals surface area contributed by atoms with Crippen LogP contribution in [0, 0.1) is 11.3 Å². The van der Waals surface area contributed by atoms with Gasteiger partial charge in [-0.25, -0.2) is 4.98 Å². The van der Waals surface area contributed by atoms with Gasteiger partial charge in [-0.1, -0.05) is 27.7 Å². The van der Waals surface area contributed by atoms with Crippen molar-refractivity contribution in [3.05, 3.63) is 33.9 Å². The molecule has 0 aliphatic rings. The molecule has 0 fully saturated rings. The number of rotatable bonds is 5. The normalized spacial score (nSPS) is 10.6. The van der Waals surface area contributed by atoms with Crippen molar-refractivity contribution in [1.29, 1.82) is 5.26 Å². The summed E-state index contributed by atoms with van der Waals surface area (Å²) in [6.45, 7) is 7.96. The van der Waals surface area contributed by atoms with Gasteiger partial charge in [-0.15, -0.1) is 21.5 Å². The van der Waals surface area contributed by atoms with Crippen molar-refractivity contribution in [2.24, 2.45) is 0 Å². The minimum Gasteiger partial charge on any atom is -0.360 e. The number of nitrogens with zero attached hydrogens (tertiary/aromatic N) is 4. The lowest BCUT2D eigenvalue weighted by Gasteiger charge is -2.03. The van der Waals surface area contributed by atoms with E-state index >= 15 is 0 Å². The monoisotopic (exact) mass is 354 g/mol. The lowest BCUT2D eigenvalue weighted by Crippen LogP contribution is -2.13. The summed E-state index contributed by atoms with van der Waals surface area (Å²) in [4.78, 5) is 4.24. The SMILES string of the molecule is CC.CC(C)c1csc(CS(=O)(=O)Oc2ccc(C#N)nn2)n1. The third-order valence-corrected chi connectivity index (χ3v) is 4.53. The first-order valence-corrected chi connectivity index (χ1v) is 9.45. The van der Waals surface area contributed by atoms with E-state index in [1.165, 1.54) is 23.5 Å². The predicted octanol–water partition coefficient (Wildman–Crippen LogP) is 2.86. The van der Waals surface area contributed by atoms with Gasteiger partial charge in [0.25, 0.3) is 5.88 Å². The molecule has 0 aliphatic heterocycles. The maximum atomic E-state index is 11.9. The number of nitriles is 1. The fraction of sp³-hybridized carbons (Fsp3) is 0.429. The van der Waals surface area contributed by atoms with E-state index in [-0.39, 0.29) is 23.2 Å². The maximum absolute atomic E-state index is 11.9. The van der Waals surface area contributed by atoms with Crippen molar-refractivity contribution >= 4 is 21.5 Å². The van der Waals surface area contributed by atoms with Gasteiger partial charge in [0, 0.05) is 11.4 Å². The molecular formula is C14H18N4O3S2. The first kappa shape index (κ1) is 19.0. The first-order valence-electron chi connectivity index (χ1n) is 7.00. The Morgan fingerprint density at radius 2 is 2.00 bits per heavy atom. The van der Waals surface area contributed by atoms with E-state index in [0.29, 0.717) is 5.01 Å². The van der Waals surface area contributed by atoms with Crippen molar-refractivity contribution in [2.75, 3.05) is 0 Å². The summed E-state index contributed by atoms with van der Waals surface area (Å²) in [5.74, 6) is -0.260. The Morgan fingerprint density at radius 3 is 2.48 bits per heavy atom. The van der Waals surface area contributed by atoms with Gasteiger partial charge in [0.15, 0.2) is 5.69 Å². The summed E-state index contributed by atoms with van der Waals surface area (Å²) >= 11 is 1.27. The zero-order valence-corrected chi connectivity index (χ0v) is 15.0. The van der Waals surface area contributed by atoms with Crippen LogP contribution in [0.15, 0.2) is 17.5 Å². The van der Waals surface area contributed by atoms with Crippen LogP contribution >= 0.6 is 11.3 Å². The number of hydrogen-bond acceptors (Lipinski definition) is 8. The third kappa shape index (κ3) is 5.92. The lowest BCUT2D eigenvalue weighted by molar-refractivity contribution is 0.470. The Hall–Kier alpha value is -2.05. The summed E-state index contributed by atoms with van der Waals surface area (Å²) in [5, 5.41) is 17.9. The molecule has 0 saturated carbocycles. The van der Waals surface area contributed by atoms with E-state index in [0.717, 1.165) is 5.69 Å². The van der Waals surface area contributed by atoms with E-state index in [1.54, 1.807) is 6.07 Å². The van der Waals surface area contributed by atoms with Crippen molar-refractivity contribution < 1.29 is 12.6 Å². The van der Waals surface area contributed by atoms with Gasteiger partial charge in [0.2, 0.25) is 0 Å². The molecule has 0 amide bonds. The van der Waals surface area contributed by atoms with Crippen LogP contribution in [-0.4, -0.2) is 23.6 Å². The molecule has 0 unspecified atom stereocenters. The fourth-order valence-electron chi connectivity index (χ4n) is 1.39. The Balaban J connectivity index is 0.00000127. The Kier molecular flexibility index (Phi) is 7.06. The molecule has 7 nitrogen and oxygen atoms in total. The molecule has 0 N–H and O–H groups in total. The molecule has 2 heterocycles. The molecule has 124 valence electrons. The molecule has 2 rings (SSSR count). The quantitative estimate of drug-likeness (QED) is 0.760. The van der Waals surface area contributed by atoms with Crippen molar-refractivity contribution in [2.45, 2.75) is 39.4 Å². The van der Waals surface area contributed by atoms with E-state index in [2.05, 4.69) is 15.2 Å². The zero-order chi connectivity index (χ0) is 17.5. The highest BCUT2D eigenvalue weighted by molar-refractivity contribution is 7.86. The van der Waals surface area contributed by atoms with Crippen LogP contribution < -0.4 is 4.18 Å². The van der Waals surface area contributed by atoms with Crippen LogP contribution in [0.1, 0.15) is 50.0 Å². The van der Waals surface area contributed by atoms with Crippen molar-refractivity contribution in [1.82, 2.24) is 15.2 Å². The minimum atomic E-state index is -3.86. The molecule has 23 heavy (non-hydrogen) atoms. The Morgan fingerprint density at radius 1 is 1.30 bits per heavy atom. The fourth-order valence-corrected chi connectivity index (χ4v) is 3.61. The Labute approximate surface area is 140 Å². The van der Waals surface area contributed by atoms with Gasteiger partial charge in [-0.05, 0) is 12.0 Å². The van der Waals surface area contributed by atoms with Crippen LogP contribution in [0.4, 0.5) is 0 Å². The number of aromatic nitrogens is 3. The molecule has 0 spiro atoms. The molecule has 2 aromatic rings. The van der Waals surface area contributed by atoms with Crippen LogP contribution in [0.3, 0.4) is 0 Å². The molecule has 0 aliphatic carbocycles. The molecule has 2 aromatic heterocycles. The first-order chi connectivity index (χ1) is 10.9. The lowest BCUT2D eigenvalue weighted by atomic mass is 10.2. The van der Waals surface area contributed by atoms with Gasteiger partial charge in [-0.2, -0.15) is 13.7 Å². The highest BCUT2D eigenvalue weighted by atomic mass is 32.2. The molecule has 0 aromatic carbocycles. The second kappa shape index (κ2) is 8.55. The van der Waals surface area contributed by atoms with Gasteiger partial charge >= 0.3 is 10.1 Å². The second-order valence-electron chi connectivity index (χ2n) is 4.47. The topological polar surface area (TPSA) is 106 Å². The molecule has 0 atom stereocenters. The molecule has 0 radical (unpaired) electrons. The molecular weight excluding hydrogens is 336 g/mol. The summed E-state index contributed by atoms with van der Waals surface area (Å²) in [6, 6.07) is 4.40. The van der Waals surface area contributed by atoms with E-state index in [9.17, 15) is 8.42 Å². The van der Waals surface area contributed by atoms with Gasteiger partial charge in [-0.3, -0.25) is 0 Å². The summed E-state index contributed by atoms with van der Waals surface area (Å²) in [6.07, 6.45) is 0. The van der Waals surface area contributed by atoms with Crippen LogP contribution in [0.25, 0.3) is 0 Å². The summed E-state index contributed by atoms with van der Waals surface area (Å²) < 4.78 is 28.7. The minimum absolute atomic E-state index is 0.0845. The van der Waals surface area contributed by atoms with E-state index in [1.807, 2.05) is 33.1 Å². The highest BCUT2D eigenvalue weighted by Crippen LogP contribution is 2.20. The smallest absolute Gasteiger partial charge is 0.317 e. The molecule has 0 saturated heterocycles. The number of hydrogen-bond donors (Lipinski definition) is 0. The average molecular weight is 354 g/mol. The van der Waals surface area contributed by atoms with Crippen molar-refractivity contribution in [3.63, 3.8) is 0 Å². The molecule has 9 heteroatoms. The van der Waals surface area contributed by atoms with Gasteiger partial charge < -0.3 is 4.18 Å². The number of thiazole rings is 1. The zero-order valence-electron chi connectivity index (χ0n) is 13.3. The predicted molar refractivity (Wildman–Crippen MR) is 87.5 cm³/mol. The third-order valence-electron chi connectivity index (χ3n) is 2.43. The molecule has 0 bridgehead atoms. The maximum Gasteiger partial charge on any atom is 0.317 e. The second-order valence-corrected chi connectivity index (χ2v) is 6.99. The van der Waals surface area contributed by atoms with E-state index in [4.69, 9.17) is 9.44 Å². The summed E-state index contributed by atoms with van der Waals surface area (Å²) in [5.41, 5.74) is 0.935. The standard InChI is InChI=1S/C12H12N4O3S2.C2H6/c1-8(2)10-6-20-12(14-10)7-21(17,18)19-11-4-3-9(5-13)15-16-11;1-2/h3-4,6,8H,7H2,1-2H3;1-2H3. The van der Waals surface area contributed by atoms with Crippen LogP contribution in [0.5, 0.6) is 5.88 Å². The average Bonchev–Trinajstić information content (AvgIpc) is 2.97. The van der Waals surface area contributed by atoms with Gasteiger partial charge in [0.1, 0.15) is 16.8 Å². The summed E-state index contributed by atoms with van der Waals surface area (Å²) in [7, 11) is -3.86. The largest absolute Gasteiger partial charge is 0.360 e. The highest BCUT2D eigenvalue weighted by Gasteiger charge is 2.18. The van der Waals surface area contributed by atoms with Gasteiger partial charge in [0.05, 0.1) is 5.69 Å². The Bertz CT molecular complexity index is 762. The van der Waals surface area contributed by atoms with E-state index < -0.39 is 10.1 Å².